The lowest BCUT2D eigenvalue weighted by atomic mass is 10.1. The van der Waals surface area contributed by atoms with Gasteiger partial charge in [-0.25, -0.2) is 5.48 Å². The first-order valence-corrected chi connectivity index (χ1v) is 4.24. The molecule has 0 aromatic heterocycles. The predicted octanol–water partition coefficient (Wildman–Crippen LogP) is 2.01. The number of hydrogen-bond acceptors (Lipinski definition) is 3. The number of carbonyl (C=O) groups excluding carboxylic acids is 1. The van der Waals surface area contributed by atoms with Gasteiger partial charge in [-0.05, 0) is 6.42 Å². The van der Waals surface area contributed by atoms with Crippen molar-refractivity contribution in [1.29, 1.82) is 0 Å². The van der Waals surface area contributed by atoms with E-state index in [-0.39, 0.29) is 12.1 Å². The molecule has 0 aromatic rings. The topological polar surface area (TPSA) is 84.3 Å². The average molecular weight is 176 g/mol. The largest absolute Gasteiger partial charge is 0.344 e. The Bertz CT molecular complexity index is 107. The molecule has 0 spiro atoms. The van der Waals surface area contributed by atoms with Gasteiger partial charge in [0.1, 0.15) is 0 Å². The van der Waals surface area contributed by atoms with Crippen LogP contribution in [-0.4, -0.2) is 11.1 Å². The molecule has 0 heterocycles. The van der Waals surface area contributed by atoms with Gasteiger partial charge in [-0.15, -0.1) is 0 Å². The quantitative estimate of drug-likeness (QED) is 0.329. The fourth-order valence-corrected chi connectivity index (χ4v) is 0.945. The maximum atomic E-state index is 10.5. The maximum Gasteiger partial charge on any atom is 0.243 e. The van der Waals surface area contributed by atoms with Crippen LogP contribution in [0.3, 0.4) is 0 Å². The second-order valence-electron chi connectivity index (χ2n) is 2.70. The van der Waals surface area contributed by atoms with Crippen LogP contribution in [0.15, 0.2) is 0 Å². The fraction of sp³-hybridized carbons (Fsp3) is 0.875. The van der Waals surface area contributed by atoms with Gasteiger partial charge < -0.3 is 6.15 Å². The van der Waals surface area contributed by atoms with E-state index in [4.69, 9.17) is 5.21 Å². The van der Waals surface area contributed by atoms with Crippen LogP contribution in [0.25, 0.3) is 0 Å². The average Bonchev–Trinajstić information content (AvgIpc) is 2.04. The van der Waals surface area contributed by atoms with Gasteiger partial charge in [-0.2, -0.15) is 0 Å². The first-order chi connectivity index (χ1) is 5.31. The molecular formula is C8H20N2O2. The molecule has 12 heavy (non-hydrogen) atoms. The molecule has 5 N–H and O–H groups in total. The summed E-state index contributed by atoms with van der Waals surface area (Å²) in [6, 6.07) is 0. The zero-order chi connectivity index (χ0) is 8.53. The number of nitrogens with one attached hydrogen (secondary N) is 1. The molecule has 0 bridgehead atoms. The minimum atomic E-state index is -0.276. The van der Waals surface area contributed by atoms with E-state index in [1.807, 2.05) is 0 Å². The first kappa shape index (κ1) is 13.9. The molecule has 1 amide bonds. The Morgan fingerprint density at radius 2 is 1.83 bits per heavy atom. The van der Waals surface area contributed by atoms with E-state index in [0.29, 0.717) is 6.42 Å². The summed E-state index contributed by atoms with van der Waals surface area (Å²) in [6.07, 6.45) is 6.05. The molecule has 0 saturated carbocycles. The number of rotatable bonds is 6. The number of hydrogen-bond donors (Lipinski definition) is 3. The van der Waals surface area contributed by atoms with E-state index >= 15 is 0 Å². The van der Waals surface area contributed by atoms with Gasteiger partial charge in [0.15, 0.2) is 0 Å². The van der Waals surface area contributed by atoms with Gasteiger partial charge in [0.05, 0.1) is 0 Å². The molecule has 0 radical (unpaired) electrons. The molecule has 4 heteroatoms. The summed E-state index contributed by atoms with van der Waals surface area (Å²) >= 11 is 0. The Kier molecular flexibility index (Phi) is 12.1. The Hall–Kier alpha value is -0.610. The molecule has 0 rings (SSSR count). The van der Waals surface area contributed by atoms with Gasteiger partial charge >= 0.3 is 0 Å². The highest BCUT2D eigenvalue weighted by Crippen LogP contribution is 2.04. The summed E-state index contributed by atoms with van der Waals surface area (Å²) in [5.74, 6) is -0.276. The Labute approximate surface area is 73.9 Å². The van der Waals surface area contributed by atoms with Gasteiger partial charge in [0.2, 0.25) is 5.91 Å². The van der Waals surface area contributed by atoms with Crippen molar-refractivity contribution >= 4 is 5.91 Å². The summed E-state index contributed by atoms with van der Waals surface area (Å²) in [7, 11) is 0. The SMILES string of the molecule is CCCCCCCC(=O)NO.N. The lowest BCUT2D eigenvalue weighted by molar-refractivity contribution is -0.129. The zero-order valence-corrected chi connectivity index (χ0v) is 7.81. The highest BCUT2D eigenvalue weighted by Gasteiger charge is 1.96. The molecule has 0 aliphatic carbocycles. The van der Waals surface area contributed by atoms with E-state index in [1.165, 1.54) is 19.3 Å². The van der Waals surface area contributed by atoms with Crippen LogP contribution >= 0.6 is 0 Å². The Balaban J connectivity index is 0. The molecule has 0 fully saturated rings. The van der Waals surface area contributed by atoms with Gasteiger partial charge in [-0.1, -0.05) is 32.6 Å². The number of carbonyl (C=O) groups is 1. The van der Waals surface area contributed by atoms with Crippen LogP contribution in [-0.2, 0) is 4.79 Å². The smallest absolute Gasteiger partial charge is 0.243 e. The van der Waals surface area contributed by atoms with Crippen LogP contribution in [0.4, 0.5) is 0 Å². The summed E-state index contributed by atoms with van der Waals surface area (Å²) in [5.41, 5.74) is 1.62. The molecule has 0 aromatic carbocycles. The third-order valence-electron chi connectivity index (χ3n) is 1.63. The zero-order valence-electron chi connectivity index (χ0n) is 7.81. The van der Waals surface area contributed by atoms with E-state index in [2.05, 4.69) is 6.92 Å². The van der Waals surface area contributed by atoms with Crippen LogP contribution in [0.5, 0.6) is 0 Å². The van der Waals surface area contributed by atoms with Crippen molar-refractivity contribution in [2.24, 2.45) is 0 Å². The minimum Gasteiger partial charge on any atom is -0.344 e. The summed E-state index contributed by atoms with van der Waals surface area (Å²) in [4.78, 5) is 10.5. The van der Waals surface area contributed by atoms with Crippen molar-refractivity contribution < 1.29 is 10.0 Å². The van der Waals surface area contributed by atoms with Crippen LogP contribution in [0.1, 0.15) is 45.4 Å². The van der Waals surface area contributed by atoms with Crippen molar-refractivity contribution in [3.8, 4) is 0 Å². The van der Waals surface area contributed by atoms with Crippen molar-refractivity contribution in [2.75, 3.05) is 0 Å². The van der Waals surface area contributed by atoms with E-state index in [1.54, 1.807) is 5.48 Å². The summed E-state index contributed by atoms with van der Waals surface area (Å²) < 4.78 is 0. The molecule has 0 saturated heterocycles. The fourth-order valence-electron chi connectivity index (χ4n) is 0.945. The maximum absolute atomic E-state index is 10.5. The summed E-state index contributed by atoms with van der Waals surface area (Å²) in [5, 5.41) is 8.14. The number of amides is 1. The van der Waals surface area contributed by atoms with E-state index < -0.39 is 0 Å². The molecule has 0 aliphatic heterocycles. The second kappa shape index (κ2) is 10.4. The lowest BCUT2D eigenvalue weighted by Crippen LogP contribution is -2.17. The third-order valence-corrected chi connectivity index (χ3v) is 1.63. The highest BCUT2D eigenvalue weighted by atomic mass is 16.5. The molecule has 0 atom stereocenters. The van der Waals surface area contributed by atoms with Gasteiger partial charge in [0.25, 0.3) is 0 Å². The predicted molar refractivity (Wildman–Crippen MR) is 48.3 cm³/mol. The second-order valence-corrected chi connectivity index (χ2v) is 2.70. The monoisotopic (exact) mass is 176 g/mol. The molecule has 0 unspecified atom stereocenters. The third kappa shape index (κ3) is 9.39. The van der Waals surface area contributed by atoms with Gasteiger partial charge in [0, 0.05) is 6.42 Å². The molecule has 74 valence electrons. The number of hydroxylamine groups is 1. The normalized spacial score (nSPS) is 8.83. The Morgan fingerprint density at radius 3 is 2.33 bits per heavy atom. The first-order valence-electron chi connectivity index (χ1n) is 4.24. The van der Waals surface area contributed by atoms with Gasteiger partial charge in [-0.3, -0.25) is 10.0 Å². The van der Waals surface area contributed by atoms with Crippen LogP contribution < -0.4 is 11.6 Å². The standard InChI is InChI=1S/C8H17NO2.H3N/c1-2-3-4-5-6-7-8(10)9-11;/h11H,2-7H2,1H3,(H,9,10);1H3. The molecule has 4 nitrogen and oxygen atoms in total. The molecular weight excluding hydrogens is 156 g/mol. The summed E-state index contributed by atoms with van der Waals surface area (Å²) in [6.45, 7) is 2.15. The van der Waals surface area contributed by atoms with Crippen molar-refractivity contribution in [2.45, 2.75) is 45.4 Å². The van der Waals surface area contributed by atoms with Crippen LogP contribution in [0, 0.1) is 0 Å². The number of unbranched alkanes of at least 4 members (excludes halogenated alkanes) is 4. The Morgan fingerprint density at radius 1 is 1.25 bits per heavy atom. The van der Waals surface area contributed by atoms with Crippen molar-refractivity contribution in [3.63, 3.8) is 0 Å². The van der Waals surface area contributed by atoms with E-state index in [0.717, 1.165) is 12.8 Å². The highest BCUT2D eigenvalue weighted by molar-refractivity contribution is 5.74. The lowest BCUT2D eigenvalue weighted by Gasteiger charge is -1.98. The van der Waals surface area contributed by atoms with E-state index in [9.17, 15) is 4.79 Å². The van der Waals surface area contributed by atoms with Crippen LogP contribution in [0.2, 0.25) is 0 Å². The van der Waals surface area contributed by atoms with Crippen molar-refractivity contribution in [1.82, 2.24) is 11.6 Å². The van der Waals surface area contributed by atoms with Crippen molar-refractivity contribution in [3.05, 3.63) is 0 Å². The molecule has 0 aliphatic rings. The minimum absolute atomic E-state index is 0.